The van der Waals surface area contributed by atoms with Crippen molar-refractivity contribution in [2.24, 2.45) is 0 Å². The molecule has 0 spiro atoms. The first kappa shape index (κ1) is 19.7. The maximum Gasteiger partial charge on any atom is 0.254 e. The molecule has 7 nitrogen and oxygen atoms in total. The van der Waals surface area contributed by atoms with E-state index < -0.39 is 6.04 Å². The second-order valence-electron chi connectivity index (χ2n) is 8.28. The molecule has 2 aliphatic heterocycles. The van der Waals surface area contributed by atoms with Gasteiger partial charge >= 0.3 is 0 Å². The Bertz CT molecular complexity index is 1080. The van der Waals surface area contributed by atoms with Crippen LogP contribution in [0.3, 0.4) is 0 Å². The third kappa shape index (κ3) is 3.78. The van der Waals surface area contributed by atoms with Crippen molar-refractivity contribution in [1.82, 2.24) is 24.8 Å². The van der Waals surface area contributed by atoms with E-state index in [2.05, 4.69) is 15.0 Å². The number of likely N-dealkylation sites (tertiary alicyclic amines) is 2. The van der Waals surface area contributed by atoms with Crippen LogP contribution in [-0.4, -0.2) is 62.2 Å². The standard InChI is InChI=1S/C23H24FN5O2/c24-17-9-7-15(8-10-17)22(30)29-13-3-6-19(29)23(31)28-12-2-4-16(14-28)20-26-18-5-1-11-25-21(18)27-20/h1,5,7-11,16,19H,2-4,6,12-14H2,(H,25,26,27). The molecule has 0 radical (unpaired) electrons. The van der Waals surface area contributed by atoms with E-state index in [-0.39, 0.29) is 23.5 Å². The molecule has 5 rings (SSSR count). The van der Waals surface area contributed by atoms with Crippen LogP contribution in [0.1, 0.15) is 47.8 Å². The van der Waals surface area contributed by atoms with Crippen LogP contribution in [-0.2, 0) is 4.79 Å². The van der Waals surface area contributed by atoms with E-state index in [0.717, 1.165) is 30.6 Å². The molecule has 2 atom stereocenters. The smallest absolute Gasteiger partial charge is 0.254 e. The number of amides is 2. The Balaban J connectivity index is 1.31. The first-order valence-electron chi connectivity index (χ1n) is 10.8. The summed E-state index contributed by atoms with van der Waals surface area (Å²) >= 11 is 0. The van der Waals surface area contributed by atoms with Crippen molar-refractivity contribution in [2.75, 3.05) is 19.6 Å². The Morgan fingerprint density at radius 1 is 1.06 bits per heavy atom. The number of nitrogens with zero attached hydrogens (tertiary/aromatic N) is 4. The highest BCUT2D eigenvalue weighted by atomic mass is 19.1. The molecular formula is C23H24FN5O2. The number of rotatable bonds is 3. The van der Waals surface area contributed by atoms with Crippen molar-refractivity contribution in [3.63, 3.8) is 0 Å². The Morgan fingerprint density at radius 2 is 1.87 bits per heavy atom. The van der Waals surface area contributed by atoms with Crippen LogP contribution >= 0.6 is 0 Å². The van der Waals surface area contributed by atoms with Crippen molar-refractivity contribution in [1.29, 1.82) is 0 Å². The van der Waals surface area contributed by atoms with Crippen LogP contribution in [0.15, 0.2) is 42.6 Å². The van der Waals surface area contributed by atoms with E-state index >= 15 is 0 Å². The summed E-state index contributed by atoms with van der Waals surface area (Å²) in [5, 5.41) is 0. The lowest BCUT2D eigenvalue weighted by Crippen LogP contribution is -2.50. The fourth-order valence-corrected chi connectivity index (χ4v) is 4.69. The quantitative estimate of drug-likeness (QED) is 0.705. The average Bonchev–Trinajstić information content (AvgIpc) is 3.46. The number of benzene rings is 1. The van der Waals surface area contributed by atoms with Crippen molar-refractivity contribution in [3.8, 4) is 0 Å². The molecule has 8 heteroatoms. The molecule has 2 fully saturated rings. The van der Waals surface area contributed by atoms with Gasteiger partial charge in [-0.2, -0.15) is 0 Å². The zero-order chi connectivity index (χ0) is 21.4. The first-order chi connectivity index (χ1) is 15.1. The molecule has 4 heterocycles. The molecule has 2 unspecified atom stereocenters. The van der Waals surface area contributed by atoms with E-state index in [1.54, 1.807) is 11.1 Å². The molecule has 31 heavy (non-hydrogen) atoms. The first-order valence-corrected chi connectivity index (χ1v) is 10.8. The zero-order valence-electron chi connectivity index (χ0n) is 17.1. The molecule has 3 aromatic rings. The van der Waals surface area contributed by atoms with Gasteiger partial charge in [-0.3, -0.25) is 9.59 Å². The summed E-state index contributed by atoms with van der Waals surface area (Å²) in [6, 6.07) is 8.85. The number of nitrogens with one attached hydrogen (secondary N) is 1. The molecule has 2 aromatic heterocycles. The Morgan fingerprint density at radius 3 is 2.68 bits per heavy atom. The van der Waals surface area contributed by atoms with Crippen LogP contribution in [0.4, 0.5) is 4.39 Å². The molecule has 1 N–H and O–H groups in total. The van der Waals surface area contributed by atoms with Crippen molar-refractivity contribution < 1.29 is 14.0 Å². The van der Waals surface area contributed by atoms with Gasteiger partial charge in [-0.05, 0) is 62.1 Å². The largest absolute Gasteiger partial charge is 0.340 e. The van der Waals surface area contributed by atoms with Gasteiger partial charge in [0.15, 0.2) is 5.65 Å². The Kier molecular flexibility index (Phi) is 5.13. The summed E-state index contributed by atoms with van der Waals surface area (Å²) in [5.74, 6) is 0.372. The van der Waals surface area contributed by atoms with E-state index in [4.69, 9.17) is 0 Å². The number of piperidine rings is 1. The third-order valence-corrected chi connectivity index (χ3v) is 6.29. The maximum absolute atomic E-state index is 13.4. The molecular weight excluding hydrogens is 397 g/mol. The number of pyridine rings is 1. The van der Waals surface area contributed by atoms with Crippen LogP contribution in [0.2, 0.25) is 0 Å². The van der Waals surface area contributed by atoms with Crippen LogP contribution < -0.4 is 0 Å². The number of imidazole rings is 1. The van der Waals surface area contributed by atoms with E-state index in [0.29, 0.717) is 37.3 Å². The number of hydrogen-bond acceptors (Lipinski definition) is 4. The summed E-state index contributed by atoms with van der Waals surface area (Å²) in [5.41, 5.74) is 1.99. The fraction of sp³-hybridized carbons (Fsp3) is 0.391. The predicted octanol–water partition coefficient (Wildman–Crippen LogP) is 3.11. The number of fused-ring (bicyclic) bond motifs is 1. The van der Waals surface area contributed by atoms with Crippen molar-refractivity contribution in [3.05, 3.63) is 59.8 Å². The minimum absolute atomic E-state index is 0.00750. The minimum atomic E-state index is -0.464. The highest BCUT2D eigenvalue weighted by Crippen LogP contribution is 2.29. The number of halogens is 1. The normalized spacial score (nSPS) is 21.6. The van der Waals surface area contributed by atoms with Gasteiger partial charge in [0.1, 0.15) is 17.7 Å². The highest BCUT2D eigenvalue weighted by Gasteiger charge is 2.38. The van der Waals surface area contributed by atoms with E-state index in [1.807, 2.05) is 17.0 Å². The third-order valence-electron chi connectivity index (χ3n) is 6.29. The van der Waals surface area contributed by atoms with Crippen LogP contribution in [0.25, 0.3) is 11.2 Å². The summed E-state index contributed by atoms with van der Waals surface area (Å²) < 4.78 is 13.2. The highest BCUT2D eigenvalue weighted by molar-refractivity contribution is 5.98. The Labute approximate surface area is 179 Å². The lowest BCUT2D eigenvalue weighted by Gasteiger charge is -2.35. The summed E-state index contributed by atoms with van der Waals surface area (Å²) in [6.45, 7) is 1.80. The topological polar surface area (TPSA) is 82.2 Å². The van der Waals surface area contributed by atoms with Gasteiger partial charge in [-0.15, -0.1) is 0 Å². The lowest BCUT2D eigenvalue weighted by atomic mass is 9.96. The molecule has 2 saturated heterocycles. The summed E-state index contributed by atoms with van der Waals surface area (Å²) in [6.07, 6.45) is 5.00. The minimum Gasteiger partial charge on any atom is -0.340 e. The SMILES string of the molecule is O=C(C1CCCN1C(=O)c1ccc(F)cc1)N1CCCC(c2nc3ncccc3[nH]2)C1. The average molecular weight is 421 g/mol. The number of H-pyrrole nitrogens is 1. The van der Waals surface area contributed by atoms with Gasteiger partial charge in [0.2, 0.25) is 5.91 Å². The number of carbonyl (C=O) groups excluding carboxylic acids is 2. The van der Waals surface area contributed by atoms with Gasteiger partial charge in [-0.1, -0.05) is 0 Å². The summed E-state index contributed by atoms with van der Waals surface area (Å²) in [7, 11) is 0. The number of carbonyl (C=O) groups is 2. The lowest BCUT2D eigenvalue weighted by molar-refractivity contribution is -0.136. The van der Waals surface area contributed by atoms with Crippen LogP contribution in [0, 0.1) is 5.82 Å². The monoisotopic (exact) mass is 421 g/mol. The van der Waals surface area contributed by atoms with Crippen molar-refractivity contribution >= 4 is 23.0 Å². The van der Waals surface area contributed by atoms with Crippen LogP contribution in [0.5, 0.6) is 0 Å². The second-order valence-corrected chi connectivity index (χ2v) is 8.28. The molecule has 0 aliphatic carbocycles. The number of hydrogen-bond donors (Lipinski definition) is 1. The van der Waals surface area contributed by atoms with Gasteiger partial charge < -0.3 is 14.8 Å². The van der Waals surface area contributed by atoms with Gasteiger partial charge in [0.05, 0.1) is 5.52 Å². The number of aromatic amines is 1. The molecule has 2 aliphatic rings. The number of aromatic nitrogens is 3. The summed E-state index contributed by atoms with van der Waals surface area (Å²) in [4.78, 5) is 42.1. The fourth-order valence-electron chi connectivity index (χ4n) is 4.69. The van der Waals surface area contributed by atoms with Gasteiger partial charge in [0.25, 0.3) is 5.91 Å². The van der Waals surface area contributed by atoms with E-state index in [9.17, 15) is 14.0 Å². The zero-order valence-corrected chi connectivity index (χ0v) is 17.1. The van der Waals surface area contributed by atoms with E-state index in [1.165, 1.54) is 24.3 Å². The Hall–Kier alpha value is -3.29. The van der Waals surface area contributed by atoms with Gasteiger partial charge in [0, 0.05) is 37.3 Å². The van der Waals surface area contributed by atoms with Gasteiger partial charge in [-0.25, -0.2) is 14.4 Å². The molecule has 0 bridgehead atoms. The predicted molar refractivity (Wildman–Crippen MR) is 113 cm³/mol. The molecule has 2 amide bonds. The maximum atomic E-state index is 13.4. The molecule has 160 valence electrons. The van der Waals surface area contributed by atoms with Crippen molar-refractivity contribution in [2.45, 2.75) is 37.6 Å². The molecule has 0 saturated carbocycles. The second kappa shape index (κ2) is 8.09. The molecule has 1 aromatic carbocycles.